The molecule has 2 heterocycles. The van der Waals surface area contributed by atoms with Crippen LogP contribution in [0, 0.1) is 5.92 Å². The van der Waals surface area contributed by atoms with Gasteiger partial charge in [0.2, 0.25) is 11.8 Å². The summed E-state index contributed by atoms with van der Waals surface area (Å²) in [5.41, 5.74) is 0.137. The Balaban J connectivity index is 0.00000220. The number of fused-ring (bicyclic) bond motifs is 1. The van der Waals surface area contributed by atoms with Gasteiger partial charge in [-0.1, -0.05) is 6.92 Å². The first-order valence-corrected chi connectivity index (χ1v) is 7.62. The Kier molecular flexibility index (Phi) is 7.42. The van der Waals surface area contributed by atoms with Crippen LogP contribution >= 0.6 is 11.8 Å². The Morgan fingerprint density at radius 1 is 1.48 bits per heavy atom. The Bertz CT molecular complexity index is 495. The van der Waals surface area contributed by atoms with Crippen molar-refractivity contribution in [3.05, 3.63) is 10.6 Å². The number of hydrogen-bond acceptors (Lipinski definition) is 4. The number of nitrogens with zero attached hydrogens (tertiary/aromatic N) is 1. The van der Waals surface area contributed by atoms with Gasteiger partial charge in [0.1, 0.15) is 5.70 Å². The molecule has 0 aromatic carbocycles. The first-order valence-electron chi connectivity index (χ1n) is 6.64. The van der Waals surface area contributed by atoms with E-state index in [2.05, 4.69) is 5.32 Å². The summed E-state index contributed by atoms with van der Waals surface area (Å²) >= 11 is 1.41. The van der Waals surface area contributed by atoms with Crippen LogP contribution in [-0.4, -0.2) is 97.5 Å². The van der Waals surface area contributed by atoms with Crippen molar-refractivity contribution in [2.24, 2.45) is 5.92 Å². The van der Waals surface area contributed by atoms with E-state index >= 15 is 0 Å². The van der Waals surface area contributed by atoms with Crippen molar-refractivity contribution in [2.45, 2.75) is 32.7 Å². The van der Waals surface area contributed by atoms with Crippen LogP contribution in [0.1, 0.15) is 26.7 Å². The second kappa shape index (κ2) is 8.12. The molecule has 0 aromatic heterocycles. The molecule has 2 atom stereocenters. The number of carbonyl (C=O) groups is 3. The summed E-state index contributed by atoms with van der Waals surface area (Å²) in [5.74, 6) is -0.658. The third-order valence-corrected chi connectivity index (χ3v) is 4.76. The topological polar surface area (TPSA) is 86.7 Å². The van der Waals surface area contributed by atoms with E-state index in [1.54, 1.807) is 0 Å². The van der Waals surface area contributed by atoms with Crippen molar-refractivity contribution in [2.75, 3.05) is 12.3 Å². The van der Waals surface area contributed by atoms with E-state index in [1.807, 2.05) is 6.92 Å². The van der Waals surface area contributed by atoms with Crippen LogP contribution in [0.3, 0.4) is 0 Å². The van der Waals surface area contributed by atoms with Gasteiger partial charge < -0.3 is 15.3 Å². The molecular formula is C13H19KN2O4S. The van der Waals surface area contributed by atoms with Crippen LogP contribution in [0.5, 0.6) is 0 Å². The number of hydrogen-bond donors (Lipinski definition) is 2. The minimum absolute atomic E-state index is 0. The molecule has 6 nitrogen and oxygen atoms in total. The van der Waals surface area contributed by atoms with Crippen LogP contribution in [0.4, 0.5) is 0 Å². The average molecular weight is 338 g/mol. The number of carbonyl (C=O) groups excluding carboxylic acids is 2. The first kappa shape index (κ1) is 19.2. The van der Waals surface area contributed by atoms with E-state index in [0.29, 0.717) is 18.7 Å². The fourth-order valence-corrected chi connectivity index (χ4v) is 3.79. The fraction of sp³-hybridized carbons (Fsp3) is 0.615. The van der Waals surface area contributed by atoms with E-state index in [1.165, 1.54) is 23.6 Å². The quantitative estimate of drug-likeness (QED) is 0.409. The first-order chi connectivity index (χ1) is 9.47. The zero-order chi connectivity index (χ0) is 14.9. The van der Waals surface area contributed by atoms with E-state index in [4.69, 9.17) is 0 Å². The van der Waals surface area contributed by atoms with Gasteiger partial charge >= 0.3 is 57.4 Å². The van der Waals surface area contributed by atoms with Crippen LogP contribution in [0.15, 0.2) is 10.6 Å². The van der Waals surface area contributed by atoms with Gasteiger partial charge in [-0.3, -0.25) is 9.59 Å². The van der Waals surface area contributed by atoms with E-state index < -0.39 is 5.97 Å². The fourth-order valence-electron chi connectivity index (χ4n) is 2.73. The molecule has 112 valence electrons. The third-order valence-electron chi connectivity index (χ3n) is 3.64. The molecule has 0 bridgehead atoms. The molecule has 0 unspecified atom stereocenters. The normalized spacial score (nSPS) is 23.3. The van der Waals surface area contributed by atoms with Crippen LogP contribution < -0.4 is 5.32 Å². The molecule has 0 saturated carbocycles. The van der Waals surface area contributed by atoms with Gasteiger partial charge in [-0.05, 0) is 6.42 Å². The Morgan fingerprint density at radius 2 is 2.14 bits per heavy atom. The van der Waals surface area contributed by atoms with Gasteiger partial charge in [-0.25, -0.2) is 4.79 Å². The molecule has 2 amide bonds. The molecule has 0 radical (unpaired) electrons. The number of carboxylic acid groups (broad SMARTS) is 1. The zero-order valence-electron chi connectivity index (χ0n) is 11.5. The minimum atomic E-state index is -1.04. The summed E-state index contributed by atoms with van der Waals surface area (Å²) in [4.78, 5) is 36.2. The number of rotatable bonds is 6. The van der Waals surface area contributed by atoms with Crippen molar-refractivity contribution in [1.82, 2.24) is 10.2 Å². The molecule has 2 N–H and O–H groups in total. The number of aliphatic carboxylic acids is 1. The summed E-state index contributed by atoms with van der Waals surface area (Å²) in [7, 11) is 0. The van der Waals surface area contributed by atoms with Crippen LogP contribution in [0.25, 0.3) is 0 Å². The van der Waals surface area contributed by atoms with Gasteiger partial charge in [-0.15, -0.1) is 11.8 Å². The van der Waals surface area contributed by atoms with Crippen molar-refractivity contribution in [3.8, 4) is 0 Å². The van der Waals surface area contributed by atoms with Crippen LogP contribution in [-0.2, 0) is 14.4 Å². The number of nitrogens with one attached hydrogen (secondary N) is 1. The molecule has 21 heavy (non-hydrogen) atoms. The Labute approximate surface area is 170 Å². The summed E-state index contributed by atoms with van der Waals surface area (Å²) in [6, 6.07) is 0.0156. The number of carboxylic acids is 1. The average Bonchev–Trinajstić information content (AvgIpc) is 2.70. The maximum atomic E-state index is 11.9. The maximum absolute atomic E-state index is 11.9. The van der Waals surface area contributed by atoms with Gasteiger partial charge in [-0.2, -0.15) is 0 Å². The van der Waals surface area contributed by atoms with Crippen molar-refractivity contribution in [3.63, 3.8) is 0 Å². The van der Waals surface area contributed by atoms with Crippen molar-refractivity contribution >= 4 is 80.9 Å². The summed E-state index contributed by atoms with van der Waals surface area (Å²) < 4.78 is 0. The number of β-lactam (4-membered cyclic amide) rings is 1. The molecule has 1 saturated heterocycles. The molecule has 8 heteroatoms. The standard InChI is InChI=1S/C13H18N2O4S.K.H/c1-3-8-9-6-10(20-5-4-14-7(2)16)11(13(18)19)15(9)12(8)17;;/h8-9H,3-6H2,1-2H3,(H,14,16)(H,18,19);;/t8-,9+;;/m1../s1. The summed E-state index contributed by atoms with van der Waals surface area (Å²) in [6.07, 6.45) is 1.37. The second-order valence-corrected chi connectivity index (χ2v) is 6.09. The zero-order valence-corrected chi connectivity index (χ0v) is 12.3. The van der Waals surface area contributed by atoms with E-state index in [0.717, 1.165) is 11.3 Å². The molecule has 2 rings (SSSR count). The van der Waals surface area contributed by atoms with Gasteiger partial charge in [0.25, 0.3) is 0 Å². The predicted molar refractivity (Wildman–Crippen MR) is 82.0 cm³/mol. The number of thioether (sulfide) groups is 1. The summed E-state index contributed by atoms with van der Waals surface area (Å²) in [5, 5.41) is 12.0. The van der Waals surface area contributed by atoms with E-state index in [9.17, 15) is 19.5 Å². The summed E-state index contributed by atoms with van der Waals surface area (Å²) in [6.45, 7) is 3.88. The van der Waals surface area contributed by atoms with Gasteiger partial charge in [0.15, 0.2) is 0 Å². The molecule has 0 aromatic rings. The van der Waals surface area contributed by atoms with Gasteiger partial charge in [0.05, 0.1) is 12.0 Å². The monoisotopic (exact) mass is 338 g/mol. The Hall–Kier alpha value is 0.136. The predicted octanol–water partition coefficient (Wildman–Crippen LogP) is 0.144. The molecular weight excluding hydrogens is 319 g/mol. The molecule has 0 aliphatic carbocycles. The Morgan fingerprint density at radius 3 is 2.67 bits per heavy atom. The molecule has 2 aliphatic heterocycles. The van der Waals surface area contributed by atoms with Crippen molar-refractivity contribution in [1.29, 1.82) is 0 Å². The second-order valence-electron chi connectivity index (χ2n) is 4.90. The van der Waals surface area contributed by atoms with E-state index in [-0.39, 0.29) is 80.9 Å². The van der Waals surface area contributed by atoms with Crippen molar-refractivity contribution < 1.29 is 19.5 Å². The number of amides is 2. The van der Waals surface area contributed by atoms with Gasteiger partial charge in [0, 0.05) is 30.5 Å². The SMILES string of the molecule is CC[C@H]1C(=O)N2C(C(=O)O)=C(SCCNC(C)=O)C[C@@H]12.[KH]. The van der Waals surface area contributed by atoms with Crippen LogP contribution in [0.2, 0.25) is 0 Å². The molecule has 1 fully saturated rings. The third kappa shape index (κ3) is 3.91. The molecule has 2 aliphatic rings. The molecule has 0 spiro atoms.